The van der Waals surface area contributed by atoms with Crippen molar-refractivity contribution >= 4 is 21.1 Å². The van der Waals surface area contributed by atoms with Crippen LogP contribution in [0.5, 0.6) is 0 Å². The molecule has 2 aliphatic rings. The van der Waals surface area contributed by atoms with Crippen molar-refractivity contribution in [3.63, 3.8) is 0 Å². The highest BCUT2D eigenvalue weighted by Gasteiger charge is 2.42. The van der Waals surface area contributed by atoms with Crippen LogP contribution in [0.15, 0.2) is 0 Å². The van der Waals surface area contributed by atoms with Crippen LogP contribution in [0.3, 0.4) is 0 Å². The zero-order valence-electron chi connectivity index (χ0n) is 17.0. The first-order valence-electron chi connectivity index (χ1n) is 9.98. The Morgan fingerprint density at radius 1 is 1.24 bits per heavy atom. The van der Waals surface area contributed by atoms with Gasteiger partial charge in [-0.05, 0) is 63.7 Å². The van der Waals surface area contributed by atoms with Crippen LogP contribution in [-0.2, 0) is 0 Å². The summed E-state index contributed by atoms with van der Waals surface area (Å²) in [5, 5.41) is 3.89. The largest absolute Gasteiger partial charge is 0.286 e. The highest BCUT2D eigenvalue weighted by molar-refractivity contribution is 8.25. The van der Waals surface area contributed by atoms with Gasteiger partial charge >= 0.3 is 0 Å². The van der Waals surface area contributed by atoms with Crippen molar-refractivity contribution in [2.75, 3.05) is 19.8 Å². The third kappa shape index (κ3) is 5.21. The topological polar surface area (TPSA) is 18.5 Å². The van der Waals surface area contributed by atoms with Gasteiger partial charge in [0, 0.05) is 18.6 Å². The lowest BCUT2D eigenvalue weighted by Gasteiger charge is -2.53. The van der Waals surface area contributed by atoms with Crippen molar-refractivity contribution in [3.05, 3.63) is 0 Å². The minimum Gasteiger partial charge on any atom is -0.286 e. The first kappa shape index (κ1) is 21.2. The number of rotatable bonds is 6. The molecule has 0 bridgehead atoms. The molecule has 2 rings (SSSR count). The third-order valence-corrected chi connectivity index (χ3v) is 7.76. The first-order valence-corrected chi connectivity index (χ1v) is 12.3. The zero-order chi connectivity index (χ0) is 18.8. The van der Waals surface area contributed by atoms with Crippen LogP contribution in [0.1, 0.15) is 59.3 Å². The fourth-order valence-electron chi connectivity index (χ4n) is 4.42. The molecule has 148 valence electrons. The number of nitrogens with one attached hydrogen (secondary N) is 1. The van der Waals surface area contributed by atoms with Gasteiger partial charge in [0.1, 0.15) is 12.5 Å². The molecule has 2 fully saturated rings. The molecule has 1 saturated carbocycles. The SMILES string of the molecule is C=S(=C)(C)N(C)C1NC(C(C)C)CC(C2CCC(F)CC2)N1CCC. The number of halogens is 1. The molecule has 0 aromatic heterocycles. The smallest absolute Gasteiger partial charge is 0.125 e. The van der Waals surface area contributed by atoms with Crippen LogP contribution in [-0.4, -0.2) is 65.3 Å². The molecule has 0 aromatic rings. The molecule has 1 saturated heterocycles. The van der Waals surface area contributed by atoms with Crippen LogP contribution in [0.4, 0.5) is 4.39 Å². The van der Waals surface area contributed by atoms with Crippen molar-refractivity contribution in [2.24, 2.45) is 11.8 Å². The van der Waals surface area contributed by atoms with Gasteiger partial charge in [-0.1, -0.05) is 32.5 Å². The fourth-order valence-corrected chi connectivity index (χ4v) is 5.09. The van der Waals surface area contributed by atoms with Crippen molar-refractivity contribution < 1.29 is 4.39 Å². The maximum Gasteiger partial charge on any atom is 0.125 e. The van der Waals surface area contributed by atoms with Gasteiger partial charge in [0.2, 0.25) is 0 Å². The number of nitrogens with zero attached hydrogens (tertiary/aromatic N) is 2. The van der Waals surface area contributed by atoms with Gasteiger partial charge in [-0.25, -0.2) is 8.70 Å². The predicted octanol–water partition coefficient (Wildman–Crippen LogP) is 4.04. The Balaban J connectivity index is 2.29. The number of alkyl halides is 1. The van der Waals surface area contributed by atoms with Gasteiger partial charge < -0.3 is 0 Å². The summed E-state index contributed by atoms with van der Waals surface area (Å²) in [5.74, 6) is 9.89. The molecule has 5 heteroatoms. The second-order valence-electron chi connectivity index (χ2n) is 8.71. The number of hydrogen-bond acceptors (Lipinski definition) is 3. The van der Waals surface area contributed by atoms with Crippen LogP contribution in [0.25, 0.3) is 0 Å². The molecular formula is C20H40FN3S. The van der Waals surface area contributed by atoms with Gasteiger partial charge in [0.05, 0.1) is 0 Å². The molecule has 0 radical (unpaired) electrons. The Bertz CT molecular complexity index is 511. The second kappa shape index (κ2) is 8.73. The lowest BCUT2D eigenvalue weighted by Crippen LogP contribution is -2.67. The van der Waals surface area contributed by atoms with Gasteiger partial charge in [-0.15, -0.1) is 0 Å². The summed E-state index contributed by atoms with van der Waals surface area (Å²) in [6.07, 6.45) is 7.62. The van der Waals surface area contributed by atoms with E-state index in [4.69, 9.17) is 0 Å². The Labute approximate surface area is 155 Å². The molecule has 1 heterocycles. The van der Waals surface area contributed by atoms with Crippen molar-refractivity contribution in [2.45, 2.75) is 83.8 Å². The van der Waals surface area contributed by atoms with Crippen LogP contribution >= 0.6 is 9.39 Å². The summed E-state index contributed by atoms with van der Waals surface area (Å²) < 4.78 is 16.0. The normalized spacial score (nSPS) is 35.4. The maximum atomic E-state index is 13.7. The number of hydrogen-bond donors (Lipinski definition) is 1. The summed E-state index contributed by atoms with van der Waals surface area (Å²) in [4.78, 5) is 2.64. The summed E-state index contributed by atoms with van der Waals surface area (Å²) in [6, 6.07) is 1.03. The summed E-state index contributed by atoms with van der Waals surface area (Å²) in [7, 11) is 0.864. The van der Waals surface area contributed by atoms with Crippen molar-refractivity contribution in [1.29, 1.82) is 0 Å². The Morgan fingerprint density at radius 2 is 1.84 bits per heavy atom. The highest BCUT2D eigenvalue weighted by atomic mass is 32.2. The molecular weight excluding hydrogens is 333 g/mol. The molecule has 0 amide bonds. The van der Waals surface area contributed by atoms with Crippen molar-refractivity contribution in [1.82, 2.24) is 14.5 Å². The van der Waals surface area contributed by atoms with E-state index in [1.54, 1.807) is 0 Å². The van der Waals surface area contributed by atoms with E-state index in [1.807, 2.05) is 0 Å². The zero-order valence-corrected chi connectivity index (χ0v) is 17.8. The molecule has 1 aliphatic carbocycles. The lowest BCUT2D eigenvalue weighted by atomic mass is 9.78. The molecule has 3 nitrogen and oxygen atoms in total. The van der Waals surface area contributed by atoms with Gasteiger partial charge in [0.15, 0.2) is 0 Å². The van der Waals surface area contributed by atoms with E-state index in [1.165, 1.54) is 6.42 Å². The summed E-state index contributed by atoms with van der Waals surface area (Å²) in [5.41, 5.74) is 0. The van der Waals surface area contributed by atoms with E-state index in [0.29, 0.717) is 23.9 Å². The Hall–Kier alpha value is -0.100. The van der Waals surface area contributed by atoms with Crippen molar-refractivity contribution in [3.8, 4) is 0 Å². The quantitative estimate of drug-likeness (QED) is 0.709. The van der Waals surface area contributed by atoms with Crippen LogP contribution in [0, 0.1) is 11.8 Å². The van der Waals surface area contributed by atoms with Gasteiger partial charge in [0.25, 0.3) is 0 Å². The average Bonchev–Trinajstić information content (AvgIpc) is 2.54. The van der Waals surface area contributed by atoms with E-state index in [9.17, 15) is 4.39 Å². The van der Waals surface area contributed by atoms with E-state index < -0.39 is 15.6 Å². The molecule has 1 aliphatic heterocycles. The molecule has 25 heavy (non-hydrogen) atoms. The van der Waals surface area contributed by atoms with Gasteiger partial charge in [-0.2, -0.15) is 9.39 Å². The molecule has 0 aromatic carbocycles. The molecule has 3 unspecified atom stereocenters. The van der Waals surface area contributed by atoms with E-state index >= 15 is 0 Å². The molecule has 1 N–H and O–H groups in total. The third-order valence-electron chi connectivity index (χ3n) is 6.17. The predicted molar refractivity (Wildman–Crippen MR) is 113 cm³/mol. The minimum absolute atomic E-state index is 0.184. The Kier molecular flexibility index (Phi) is 7.40. The van der Waals surface area contributed by atoms with Crippen LogP contribution < -0.4 is 5.32 Å². The summed E-state index contributed by atoms with van der Waals surface area (Å²) in [6.45, 7) is 7.94. The van der Waals surface area contributed by atoms with Crippen LogP contribution in [0.2, 0.25) is 0 Å². The van der Waals surface area contributed by atoms with Gasteiger partial charge in [-0.3, -0.25) is 10.2 Å². The maximum absolute atomic E-state index is 13.7. The molecule has 0 spiro atoms. The Morgan fingerprint density at radius 3 is 2.32 bits per heavy atom. The van der Waals surface area contributed by atoms with E-state index in [2.05, 4.69) is 60.3 Å². The highest BCUT2D eigenvalue weighted by Crippen LogP contribution is 2.38. The summed E-state index contributed by atoms with van der Waals surface area (Å²) >= 11 is 0. The van der Waals surface area contributed by atoms with E-state index in [0.717, 1.165) is 38.6 Å². The lowest BCUT2D eigenvalue weighted by molar-refractivity contribution is -0.0438. The minimum atomic E-state index is -1.30. The first-order chi connectivity index (χ1) is 11.6. The second-order valence-corrected chi connectivity index (χ2v) is 11.7. The average molecular weight is 374 g/mol. The fraction of sp³-hybridized carbons (Fsp3) is 0.900. The van der Waals surface area contributed by atoms with E-state index in [-0.39, 0.29) is 6.29 Å². The monoisotopic (exact) mass is 373 g/mol. The molecule has 3 atom stereocenters. The standard InChI is InChI=1S/C20H40FN3S/c1-8-13-24-19(16-9-11-17(21)12-10-16)14-18(15(2)3)22-20(24)23(4)25(5,6)7/h15-20,22H,5-6,8-14H2,1-4,7H3.